The fourth-order valence-corrected chi connectivity index (χ4v) is 1.74. The van der Waals surface area contributed by atoms with Gasteiger partial charge in [-0.2, -0.15) is 5.10 Å². The van der Waals surface area contributed by atoms with Crippen LogP contribution >= 0.6 is 0 Å². The maximum atomic E-state index is 5.69. The molecule has 3 heterocycles. The van der Waals surface area contributed by atoms with Crippen molar-refractivity contribution in [1.29, 1.82) is 0 Å². The van der Waals surface area contributed by atoms with Gasteiger partial charge in [0.05, 0.1) is 6.20 Å². The molecule has 7 heteroatoms. The molecule has 0 unspecified atom stereocenters. The molecule has 0 aliphatic rings. The summed E-state index contributed by atoms with van der Waals surface area (Å²) in [7, 11) is 1.85. The van der Waals surface area contributed by atoms with Crippen molar-refractivity contribution in [2.24, 2.45) is 7.05 Å². The van der Waals surface area contributed by atoms with E-state index in [0.717, 1.165) is 5.82 Å². The summed E-state index contributed by atoms with van der Waals surface area (Å²) in [6, 6.07) is 8.85. The van der Waals surface area contributed by atoms with Crippen molar-refractivity contribution in [2.45, 2.75) is 0 Å². The zero-order valence-corrected chi connectivity index (χ0v) is 11.4. The van der Waals surface area contributed by atoms with Crippen molar-refractivity contribution in [3.63, 3.8) is 0 Å². The van der Waals surface area contributed by atoms with Crippen molar-refractivity contribution in [3.05, 3.63) is 48.9 Å². The van der Waals surface area contributed by atoms with Gasteiger partial charge in [-0.1, -0.05) is 0 Å². The van der Waals surface area contributed by atoms with E-state index >= 15 is 0 Å². The van der Waals surface area contributed by atoms with Gasteiger partial charge < -0.3 is 15.8 Å². The molecule has 0 aromatic carbocycles. The van der Waals surface area contributed by atoms with Crippen LogP contribution in [0.3, 0.4) is 0 Å². The number of nitrogens with zero attached hydrogens (tertiary/aromatic N) is 4. The van der Waals surface area contributed by atoms with Crippen molar-refractivity contribution in [1.82, 2.24) is 19.7 Å². The van der Waals surface area contributed by atoms with E-state index in [1.807, 2.05) is 19.3 Å². The Morgan fingerprint density at radius 3 is 2.71 bits per heavy atom. The highest BCUT2D eigenvalue weighted by atomic mass is 16.5. The van der Waals surface area contributed by atoms with Crippen LogP contribution < -0.4 is 15.8 Å². The molecule has 21 heavy (non-hydrogen) atoms. The van der Waals surface area contributed by atoms with Crippen LogP contribution in [0.2, 0.25) is 0 Å². The van der Waals surface area contributed by atoms with Crippen LogP contribution in [0, 0.1) is 0 Å². The van der Waals surface area contributed by atoms with Crippen molar-refractivity contribution in [2.75, 3.05) is 11.1 Å². The Labute approximate surface area is 121 Å². The average Bonchev–Trinajstić information content (AvgIpc) is 2.87. The molecule has 0 radical (unpaired) electrons. The molecule has 0 atom stereocenters. The standard InChI is InChI=1S/C14H14N6O/c1-20-7-5-13(19-20)18-14-8-10(4-6-16-14)21-11-2-3-12(15)17-9-11/h2-9H,1H3,(H2,15,17)(H,16,18,19). The molecule has 106 valence electrons. The van der Waals surface area contributed by atoms with Gasteiger partial charge in [0.2, 0.25) is 0 Å². The van der Waals surface area contributed by atoms with Gasteiger partial charge in [-0.25, -0.2) is 9.97 Å². The predicted octanol–water partition coefficient (Wildman–Crippen LogP) is 2.33. The number of hydrogen-bond acceptors (Lipinski definition) is 6. The third kappa shape index (κ3) is 3.27. The number of aromatic nitrogens is 4. The zero-order valence-electron chi connectivity index (χ0n) is 11.4. The molecule has 0 saturated heterocycles. The Kier molecular flexibility index (Phi) is 3.38. The first kappa shape index (κ1) is 12.9. The van der Waals surface area contributed by atoms with Crippen LogP contribution in [-0.2, 0) is 7.05 Å². The Morgan fingerprint density at radius 1 is 1.10 bits per heavy atom. The summed E-state index contributed by atoms with van der Waals surface area (Å²) < 4.78 is 7.40. The summed E-state index contributed by atoms with van der Waals surface area (Å²) in [6.45, 7) is 0. The van der Waals surface area contributed by atoms with E-state index in [1.54, 1.807) is 41.3 Å². The third-order valence-electron chi connectivity index (χ3n) is 2.70. The quantitative estimate of drug-likeness (QED) is 0.763. The number of nitrogens with one attached hydrogen (secondary N) is 1. The molecule has 0 aliphatic heterocycles. The lowest BCUT2D eigenvalue weighted by Gasteiger charge is -2.07. The van der Waals surface area contributed by atoms with Gasteiger partial charge >= 0.3 is 0 Å². The molecule has 3 aromatic heterocycles. The van der Waals surface area contributed by atoms with E-state index in [1.165, 1.54) is 0 Å². The Morgan fingerprint density at radius 2 is 2.00 bits per heavy atom. The molecule has 0 amide bonds. The van der Waals surface area contributed by atoms with Gasteiger partial charge in [0.15, 0.2) is 5.82 Å². The van der Waals surface area contributed by atoms with Gasteiger partial charge in [0.1, 0.15) is 23.1 Å². The third-order valence-corrected chi connectivity index (χ3v) is 2.70. The summed E-state index contributed by atoms with van der Waals surface area (Å²) >= 11 is 0. The van der Waals surface area contributed by atoms with Gasteiger partial charge in [-0.05, 0) is 18.2 Å². The van der Waals surface area contributed by atoms with Gasteiger partial charge in [-0.3, -0.25) is 4.68 Å². The molecule has 3 rings (SSSR count). The first-order chi connectivity index (χ1) is 10.2. The number of anilines is 3. The summed E-state index contributed by atoms with van der Waals surface area (Å²) in [5.74, 6) is 3.08. The number of pyridine rings is 2. The van der Waals surface area contributed by atoms with E-state index in [9.17, 15) is 0 Å². The highest BCUT2D eigenvalue weighted by molar-refractivity contribution is 5.53. The molecular weight excluding hydrogens is 268 g/mol. The lowest BCUT2D eigenvalue weighted by molar-refractivity contribution is 0.480. The van der Waals surface area contributed by atoms with Crippen LogP contribution in [0.25, 0.3) is 0 Å². The van der Waals surface area contributed by atoms with E-state index in [2.05, 4.69) is 20.4 Å². The second-order valence-corrected chi connectivity index (χ2v) is 4.40. The second-order valence-electron chi connectivity index (χ2n) is 4.40. The average molecular weight is 282 g/mol. The normalized spacial score (nSPS) is 10.3. The monoisotopic (exact) mass is 282 g/mol. The molecule has 3 N–H and O–H groups in total. The summed E-state index contributed by atoms with van der Waals surface area (Å²) in [4.78, 5) is 8.20. The van der Waals surface area contributed by atoms with Gasteiger partial charge in [-0.15, -0.1) is 0 Å². The lowest BCUT2D eigenvalue weighted by atomic mass is 10.4. The highest BCUT2D eigenvalue weighted by Crippen LogP contribution is 2.23. The Bertz CT molecular complexity index is 737. The molecule has 0 fully saturated rings. The van der Waals surface area contributed by atoms with Crippen molar-refractivity contribution in [3.8, 4) is 11.5 Å². The molecule has 0 bridgehead atoms. The minimum absolute atomic E-state index is 0.453. The maximum absolute atomic E-state index is 5.69. The maximum Gasteiger partial charge on any atom is 0.153 e. The first-order valence-corrected chi connectivity index (χ1v) is 6.31. The number of nitrogens with two attached hydrogens (primary N) is 1. The second kappa shape index (κ2) is 5.49. The van der Waals surface area contributed by atoms with Gasteiger partial charge in [0, 0.05) is 31.6 Å². The Hall–Kier alpha value is -3.09. The minimum Gasteiger partial charge on any atom is -0.456 e. The summed E-state index contributed by atoms with van der Waals surface area (Å²) in [5, 5.41) is 7.33. The fourth-order valence-electron chi connectivity index (χ4n) is 1.74. The number of aryl methyl sites for hydroxylation is 1. The number of rotatable bonds is 4. The van der Waals surface area contributed by atoms with Gasteiger partial charge in [0.25, 0.3) is 0 Å². The van der Waals surface area contributed by atoms with Crippen molar-refractivity contribution < 1.29 is 4.74 Å². The smallest absolute Gasteiger partial charge is 0.153 e. The van der Waals surface area contributed by atoms with E-state index in [0.29, 0.717) is 23.1 Å². The van der Waals surface area contributed by atoms with Crippen LogP contribution in [0.5, 0.6) is 11.5 Å². The van der Waals surface area contributed by atoms with E-state index < -0.39 is 0 Å². The zero-order chi connectivity index (χ0) is 14.7. The van der Waals surface area contributed by atoms with Crippen LogP contribution in [-0.4, -0.2) is 19.7 Å². The topological polar surface area (TPSA) is 90.9 Å². The number of hydrogen-bond donors (Lipinski definition) is 2. The predicted molar refractivity (Wildman–Crippen MR) is 79.5 cm³/mol. The number of nitrogen functional groups attached to an aromatic ring is 1. The Balaban J connectivity index is 1.75. The fraction of sp³-hybridized carbons (Fsp3) is 0.0714. The van der Waals surface area contributed by atoms with Crippen LogP contribution in [0.4, 0.5) is 17.5 Å². The summed E-state index contributed by atoms with van der Waals surface area (Å²) in [5.41, 5.74) is 5.54. The highest BCUT2D eigenvalue weighted by Gasteiger charge is 2.03. The minimum atomic E-state index is 0.453. The lowest BCUT2D eigenvalue weighted by Crippen LogP contribution is -1.96. The molecule has 7 nitrogen and oxygen atoms in total. The molecular formula is C14H14N6O. The van der Waals surface area contributed by atoms with Crippen LogP contribution in [0.15, 0.2) is 48.9 Å². The van der Waals surface area contributed by atoms with Crippen molar-refractivity contribution >= 4 is 17.5 Å². The molecule has 0 aliphatic carbocycles. The number of ether oxygens (including phenoxy) is 1. The SMILES string of the molecule is Cn1ccc(Nc2cc(Oc3ccc(N)nc3)ccn2)n1. The van der Waals surface area contributed by atoms with Crippen LogP contribution in [0.1, 0.15) is 0 Å². The first-order valence-electron chi connectivity index (χ1n) is 6.31. The summed E-state index contributed by atoms with van der Waals surface area (Å²) in [6.07, 6.45) is 5.08. The molecule has 0 spiro atoms. The molecule has 3 aromatic rings. The largest absolute Gasteiger partial charge is 0.456 e. The molecule has 0 saturated carbocycles. The van der Waals surface area contributed by atoms with E-state index in [-0.39, 0.29) is 0 Å². The van der Waals surface area contributed by atoms with E-state index in [4.69, 9.17) is 10.5 Å².